The average molecular weight is 489 g/mol. The molecule has 0 bridgehead atoms. The number of hydrogen-bond acceptors (Lipinski definition) is 7. The maximum atomic E-state index is 13.5. The Morgan fingerprint density at radius 1 is 0.861 bits per heavy atom. The molecule has 0 fully saturated rings. The molecule has 0 atom stereocenters. The van der Waals surface area contributed by atoms with Gasteiger partial charge in [0, 0.05) is 11.8 Å². The van der Waals surface area contributed by atoms with Crippen LogP contribution in [0.5, 0.6) is 17.2 Å². The molecule has 1 aromatic heterocycles. The minimum absolute atomic E-state index is 0.101. The van der Waals surface area contributed by atoms with Crippen LogP contribution in [0, 0.1) is 0 Å². The van der Waals surface area contributed by atoms with E-state index in [4.69, 9.17) is 14.2 Å². The summed E-state index contributed by atoms with van der Waals surface area (Å²) in [7, 11) is 4.47. The molecule has 0 unspecified atom stereocenters. The average Bonchev–Trinajstić information content (AvgIpc) is 2.91. The fourth-order valence-corrected chi connectivity index (χ4v) is 3.59. The van der Waals surface area contributed by atoms with Crippen molar-refractivity contribution in [1.29, 1.82) is 0 Å². The maximum absolute atomic E-state index is 13.5. The summed E-state index contributed by atoms with van der Waals surface area (Å²) in [5.41, 5.74) is -0.610. The third-order valence-corrected chi connectivity index (χ3v) is 5.39. The normalized spacial score (nSPS) is 10.5. The van der Waals surface area contributed by atoms with Gasteiger partial charge in [-0.1, -0.05) is 30.3 Å². The zero-order valence-electron chi connectivity index (χ0n) is 19.9. The topological polar surface area (TPSA) is 114 Å². The smallest absolute Gasteiger partial charge is 0.352 e. The Morgan fingerprint density at radius 3 is 2.31 bits per heavy atom. The van der Waals surface area contributed by atoms with Crippen molar-refractivity contribution in [3.63, 3.8) is 0 Å². The van der Waals surface area contributed by atoms with Crippen molar-refractivity contribution in [2.24, 2.45) is 0 Å². The molecule has 4 rings (SSSR count). The Hall–Kier alpha value is -4.86. The summed E-state index contributed by atoms with van der Waals surface area (Å²) in [6, 6.07) is 20.3. The van der Waals surface area contributed by atoms with Crippen LogP contribution in [0.15, 0.2) is 82.4 Å². The standard InChI is InChI=1S/C26H24N4O6/c1-34-20-11-7-8-17(14-20)16-29-25(32)23(24(31)27-18-9-5-4-6-10-18)28-30(26(29)33)19-12-13-21(35-2)22(15-19)36-3/h4-15H,16H2,1-3H3,(H,27,31). The van der Waals surface area contributed by atoms with Crippen LogP contribution < -0.4 is 30.8 Å². The molecule has 1 N–H and O–H groups in total. The summed E-state index contributed by atoms with van der Waals surface area (Å²) in [5.74, 6) is 0.613. The Morgan fingerprint density at radius 2 is 1.61 bits per heavy atom. The Balaban J connectivity index is 1.88. The molecule has 36 heavy (non-hydrogen) atoms. The second-order valence-electron chi connectivity index (χ2n) is 7.65. The number of methoxy groups -OCH3 is 3. The van der Waals surface area contributed by atoms with Gasteiger partial charge in [0.05, 0.1) is 33.6 Å². The van der Waals surface area contributed by atoms with Crippen molar-refractivity contribution >= 4 is 11.6 Å². The Labute approximate surface area is 206 Å². The number of nitrogens with zero attached hydrogens (tertiary/aromatic N) is 3. The van der Waals surface area contributed by atoms with Crippen LogP contribution in [-0.2, 0) is 6.54 Å². The van der Waals surface area contributed by atoms with E-state index < -0.39 is 22.9 Å². The van der Waals surface area contributed by atoms with Crippen LogP contribution in [-0.4, -0.2) is 41.6 Å². The molecule has 10 heteroatoms. The highest BCUT2D eigenvalue weighted by atomic mass is 16.5. The van der Waals surface area contributed by atoms with Crippen LogP contribution in [0.2, 0.25) is 0 Å². The Kier molecular flexibility index (Phi) is 7.15. The number of carbonyl (C=O) groups excluding carboxylic acids is 1. The van der Waals surface area contributed by atoms with Crippen LogP contribution in [0.1, 0.15) is 16.1 Å². The number of para-hydroxylation sites is 1. The first-order chi connectivity index (χ1) is 17.4. The van der Waals surface area contributed by atoms with E-state index in [1.54, 1.807) is 66.7 Å². The number of ether oxygens (including phenoxy) is 3. The van der Waals surface area contributed by atoms with Gasteiger partial charge in [0.25, 0.3) is 11.5 Å². The first kappa shape index (κ1) is 24.3. The number of carbonyl (C=O) groups is 1. The van der Waals surface area contributed by atoms with E-state index in [2.05, 4.69) is 10.4 Å². The minimum Gasteiger partial charge on any atom is -0.497 e. The van der Waals surface area contributed by atoms with Gasteiger partial charge in [0.1, 0.15) is 5.75 Å². The SMILES string of the molecule is COc1cccc(Cn2c(=O)c(C(=O)Nc3ccccc3)nn(-c3ccc(OC)c(OC)c3)c2=O)c1. The first-order valence-electron chi connectivity index (χ1n) is 10.9. The van der Waals surface area contributed by atoms with Crippen molar-refractivity contribution in [3.05, 3.63) is 105 Å². The second kappa shape index (κ2) is 10.6. The summed E-state index contributed by atoms with van der Waals surface area (Å²) in [6.45, 7) is -0.101. The fourth-order valence-electron chi connectivity index (χ4n) is 3.59. The van der Waals surface area contributed by atoms with Gasteiger partial charge in [0.2, 0.25) is 5.69 Å². The summed E-state index contributed by atoms with van der Waals surface area (Å²) in [5, 5.41) is 6.80. The predicted octanol–water partition coefficient (Wildman–Crippen LogP) is 2.72. The van der Waals surface area contributed by atoms with Crippen molar-refractivity contribution in [2.45, 2.75) is 6.54 Å². The van der Waals surface area contributed by atoms with Gasteiger partial charge in [-0.15, -0.1) is 0 Å². The van der Waals surface area contributed by atoms with Crippen molar-refractivity contribution in [1.82, 2.24) is 14.3 Å². The van der Waals surface area contributed by atoms with Crippen LogP contribution in [0.3, 0.4) is 0 Å². The Bertz CT molecular complexity index is 1510. The highest BCUT2D eigenvalue weighted by Crippen LogP contribution is 2.28. The number of nitrogens with one attached hydrogen (secondary N) is 1. The molecular formula is C26H24N4O6. The molecule has 0 radical (unpaired) electrons. The summed E-state index contributed by atoms with van der Waals surface area (Å²) < 4.78 is 17.8. The van der Waals surface area contributed by atoms with E-state index in [1.165, 1.54) is 27.4 Å². The third kappa shape index (κ3) is 4.97. The molecule has 0 aliphatic carbocycles. The lowest BCUT2D eigenvalue weighted by atomic mass is 10.2. The molecule has 1 heterocycles. The fraction of sp³-hybridized carbons (Fsp3) is 0.154. The number of aromatic nitrogens is 3. The van der Waals surface area contributed by atoms with E-state index in [1.807, 2.05) is 0 Å². The van der Waals surface area contributed by atoms with Gasteiger partial charge < -0.3 is 19.5 Å². The van der Waals surface area contributed by atoms with E-state index >= 15 is 0 Å². The quantitative estimate of drug-likeness (QED) is 0.406. The third-order valence-electron chi connectivity index (χ3n) is 5.39. The van der Waals surface area contributed by atoms with Gasteiger partial charge in [0.15, 0.2) is 11.5 Å². The monoisotopic (exact) mass is 488 g/mol. The van der Waals surface area contributed by atoms with Crippen LogP contribution >= 0.6 is 0 Å². The summed E-state index contributed by atoms with van der Waals surface area (Å²) >= 11 is 0. The molecule has 3 aromatic carbocycles. The molecule has 0 aliphatic rings. The summed E-state index contributed by atoms with van der Waals surface area (Å²) in [4.78, 5) is 39.9. The van der Waals surface area contributed by atoms with Gasteiger partial charge in [-0.3, -0.25) is 14.2 Å². The lowest BCUT2D eigenvalue weighted by Crippen LogP contribution is -2.45. The summed E-state index contributed by atoms with van der Waals surface area (Å²) in [6.07, 6.45) is 0. The minimum atomic E-state index is -0.826. The highest BCUT2D eigenvalue weighted by molar-refractivity contribution is 6.02. The van der Waals surface area contributed by atoms with Crippen LogP contribution in [0.4, 0.5) is 5.69 Å². The lowest BCUT2D eigenvalue weighted by Gasteiger charge is -2.14. The second-order valence-corrected chi connectivity index (χ2v) is 7.65. The molecule has 0 aliphatic heterocycles. The predicted molar refractivity (Wildman–Crippen MR) is 134 cm³/mol. The molecule has 4 aromatic rings. The largest absolute Gasteiger partial charge is 0.497 e. The van der Waals surface area contributed by atoms with E-state index in [0.717, 1.165) is 9.25 Å². The van der Waals surface area contributed by atoms with Gasteiger partial charge in [-0.25, -0.2) is 4.79 Å². The number of anilines is 1. The zero-order chi connectivity index (χ0) is 25.7. The maximum Gasteiger partial charge on any atom is 0.352 e. The number of benzene rings is 3. The van der Waals surface area contributed by atoms with Crippen molar-refractivity contribution in [2.75, 3.05) is 26.6 Å². The number of hydrogen-bond donors (Lipinski definition) is 1. The molecule has 184 valence electrons. The molecule has 1 amide bonds. The van der Waals surface area contributed by atoms with E-state index in [0.29, 0.717) is 28.5 Å². The van der Waals surface area contributed by atoms with E-state index in [-0.39, 0.29) is 12.2 Å². The molecular weight excluding hydrogens is 464 g/mol. The highest BCUT2D eigenvalue weighted by Gasteiger charge is 2.21. The van der Waals surface area contributed by atoms with Crippen molar-refractivity contribution in [3.8, 4) is 22.9 Å². The number of rotatable bonds is 8. The molecule has 0 saturated carbocycles. The van der Waals surface area contributed by atoms with Crippen LogP contribution in [0.25, 0.3) is 5.69 Å². The number of amides is 1. The van der Waals surface area contributed by atoms with Gasteiger partial charge in [-0.2, -0.15) is 9.78 Å². The lowest BCUT2D eigenvalue weighted by molar-refractivity contribution is 0.101. The zero-order valence-corrected chi connectivity index (χ0v) is 19.9. The van der Waals surface area contributed by atoms with Gasteiger partial charge in [-0.05, 0) is 42.0 Å². The van der Waals surface area contributed by atoms with Crippen molar-refractivity contribution < 1.29 is 19.0 Å². The van der Waals surface area contributed by atoms with E-state index in [9.17, 15) is 14.4 Å². The molecule has 10 nitrogen and oxygen atoms in total. The van der Waals surface area contributed by atoms with Gasteiger partial charge >= 0.3 is 5.69 Å². The molecule has 0 spiro atoms. The first-order valence-corrected chi connectivity index (χ1v) is 10.9. The molecule has 0 saturated heterocycles.